The fraction of sp³-hybridized carbons (Fsp3) is 0.125. The van der Waals surface area contributed by atoms with Crippen molar-refractivity contribution < 1.29 is 0 Å². The summed E-state index contributed by atoms with van der Waals surface area (Å²) in [6.07, 6.45) is 3.36. The topological polar surface area (TPSA) is 37.8 Å². The summed E-state index contributed by atoms with van der Waals surface area (Å²) >= 11 is 0. The number of nitrogens with one attached hydrogen (secondary N) is 1. The molecule has 0 aliphatic heterocycles. The Morgan fingerprint density at radius 3 is 2.64 bits per heavy atom. The van der Waals surface area contributed by atoms with Crippen LogP contribution in [0.2, 0.25) is 0 Å². The lowest BCUT2D eigenvalue weighted by molar-refractivity contribution is 0.836. The Bertz CT molecular complexity index is 422. The van der Waals surface area contributed by atoms with Gasteiger partial charge in [0.25, 0.3) is 0 Å². The van der Waals surface area contributed by atoms with Crippen LogP contribution >= 0.6 is 0 Å². The molecule has 3 heteroatoms. The number of hydrogen-bond donors (Lipinski definition) is 1. The number of imidazole rings is 1. The molecule has 0 unspecified atom stereocenters. The van der Waals surface area contributed by atoms with Gasteiger partial charge in [-0.15, -0.1) is 0 Å². The number of rotatable bonds is 1. The first-order valence-corrected chi connectivity index (χ1v) is 3.23. The lowest BCUT2D eigenvalue weighted by atomic mass is 10.5. The van der Waals surface area contributed by atoms with Crippen LogP contribution in [0, 0.1) is 0 Å². The Balaban J connectivity index is 3.73. The SMILES string of the molecule is C=C/C=c1\c(=C)[nH]c(=O)n1C. The summed E-state index contributed by atoms with van der Waals surface area (Å²) in [4.78, 5) is 13.5. The van der Waals surface area contributed by atoms with Gasteiger partial charge < -0.3 is 4.98 Å². The summed E-state index contributed by atoms with van der Waals surface area (Å²) in [5.74, 6) is 0. The van der Waals surface area contributed by atoms with Gasteiger partial charge in [-0.3, -0.25) is 4.57 Å². The molecule has 1 aromatic heterocycles. The lowest BCUT2D eigenvalue weighted by Gasteiger charge is -1.83. The lowest BCUT2D eigenvalue weighted by Crippen LogP contribution is -2.28. The van der Waals surface area contributed by atoms with Gasteiger partial charge in [-0.2, -0.15) is 0 Å². The predicted molar refractivity (Wildman–Crippen MR) is 45.5 cm³/mol. The van der Waals surface area contributed by atoms with Gasteiger partial charge in [0, 0.05) is 7.05 Å². The van der Waals surface area contributed by atoms with Crippen LogP contribution < -0.4 is 16.4 Å². The predicted octanol–water partition coefficient (Wildman–Crippen LogP) is -0.910. The average molecular weight is 150 g/mol. The third kappa shape index (κ3) is 1.17. The van der Waals surface area contributed by atoms with Crippen molar-refractivity contribution in [3.05, 3.63) is 33.8 Å². The van der Waals surface area contributed by atoms with Crippen LogP contribution in [0.4, 0.5) is 0 Å². The highest BCUT2D eigenvalue weighted by Crippen LogP contribution is 1.61. The minimum Gasteiger partial charge on any atom is -0.306 e. The fourth-order valence-corrected chi connectivity index (χ4v) is 0.913. The molecule has 11 heavy (non-hydrogen) atoms. The van der Waals surface area contributed by atoms with E-state index < -0.39 is 0 Å². The van der Waals surface area contributed by atoms with E-state index in [9.17, 15) is 4.79 Å². The molecule has 1 heterocycles. The summed E-state index contributed by atoms with van der Waals surface area (Å²) in [5, 5.41) is 1.39. The van der Waals surface area contributed by atoms with Crippen LogP contribution in [0.1, 0.15) is 0 Å². The fourth-order valence-electron chi connectivity index (χ4n) is 0.913. The van der Waals surface area contributed by atoms with Gasteiger partial charge in [0.05, 0.1) is 10.7 Å². The van der Waals surface area contributed by atoms with Gasteiger partial charge in [0.1, 0.15) is 0 Å². The summed E-state index contributed by atoms with van der Waals surface area (Å²) < 4.78 is 1.49. The van der Waals surface area contributed by atoms with Gasteiger partial charge in [-0.1, -0.05) is 19.2 Å². The van der Waals surface area contributed by atoms with Crippen LogP contribution in [0.15, 0.2) is 17.4 Å². The zero-order chi connectivity index (χ0) is 8.43. The normalized spacial score (nSPS) is 11.9. The molecule has 3 nitrogen and oxygen atoms in total. The largest absolute Gasteiger partial charge is 0.326 e. The Labute approximate surface area is 64.0 Å². The van der Waals surface area contributed by atoms with E-state index in [-0.39, 0.29) is 5.69 Å². The van der Waals surface area contributed by atoms with Gasteiger partial charge in [0.15, 0.2) is 0 Å². The molecule has 0 saturated carbocycles. The Morgan fingerprint density at radius 2 is 2.27 bits per heavy atom. The molecule has 1 aromatic rings. The summed E-state index contributed by atoms with van der Waals surface area (Å²) in [5.41, 5.74) is -0.150. The maximum atomic E-state index is 10.9. The van der Waals surface area contributed by atoms with E-state index in [4.69, 9.17) is 0 Å². The second-order valence-electron chi connectivity index (χ2n) is 2.26. The van der Waals surface area contributed by atoms with Crippen molar-refractivity contribution in [3.63, 3.8) is 0 Å². The van der Waals surface area contributed by atoms with Crippen LogP contribution in [0.5, 0.6) is 0 Å². The van der Waals surface area contributed by atoms with Gasteiger partial charge >= 0.3 is 5.69 Å². The number of allylic oxidation sites excluding steroid dienone is 1. The third-order valence-electron chi connectivity index (χ3n) is 1.51. The van der Waals surface area contributed by atoms with E-state index in [1.807, 2.05) is 0 Å². The van der Waals surface area contributed by atoms with Crippen molar-refractivity contribution >= 4 is 12.7 Å². The zero-order valence-corrected chi connectivity index (χ0v) is 6.42. The first-order chi connectivity index (χ1) is 5.16. The molecular formula is C8H10N2O. The van der Waals surface area contributed by atoms with Gasteiger partial charge in [0.2, 0.25) is 0 Å². The number of nitrogens with zero attached hydrogens (tertiary/aromatic N) is 1. The second-order valence-corrected chi connectivity index (χ2v) is 2.26. The quantitative estimate of drug-likeness (QED) is 0.553. The van der Waals surface area contributed by atoms with Gasteiger partial charge in [-0.05, 0) is 6.08 Å². The van der Waals surface area contributed by atoms with Gasteiger partial charge in [-0.25, -0.2) is 4.79 Å². The molecule has 0 aromatic carbocycles. The molecule has 58 valence electrons. The van der Waals surface area contributed by atoms with E-state index >= 15 is 0 Å². The van der Waals surface area contributed by atoms with Crippen LogP contribution in [-0.4, -0.2) is 9.55 Å². The van der Waals surface area contributed by atoms with Crippen LogP contribution in [0.25, 0.3) is 12.7 Å². The highest BCUT2D eigenvalue weighted by Gasteiger charge is 1.92. The molecule has 0 spiro atoms. The third-order valence-corrected chi connectivity index (χ3v) is 1.51. The minimum atomic E-state index is -0.150. The Kier molecular flexibility index (Phi) is 1.81. The summed E-state index contributed by atoms with van der Waals surface area (Å²) in [6.45, 7) is 7.20. The Morgan fingerprint density at radius 1 is 1.64 bits per heavy atom. The molecule has 0 fully saturated rings. The molecule has 1 rings (SSSR count). The van der Waals surface area contributed by atoms with Crippen molar-refractivity contribution in [1.29, 1.82) is 0 Å². The van der Waals surface area contributed by atoms with Crippen molar-refractivity contribution in [2.24, 2.45) is 7.05 Å². The number of hydrogen-bond acceptors (Lipinski definition) is 1. The molecule has 0 amide bonds. The zero-order valence-electron chi connectivity index (χ0n) is 6.42. The first kappa shape index (κ1) is 7.60. The Hall–Kier alpha value is -1.51. The van der Waals surface area contributed by atoms with Crippen molar-refractivity contribution in [2.45, 2.75) is 0 Å². The molecule has 1 N–H and O–H groups in total. The van der Waals surface area contributed by atoms with Crippen LogP contribution in [0.3, 0.4) is 0 Å². The van der Waals surface area contributed by atoms with Crippen molar-refractivity contribution in [2.75, 3.05) is 0 Å². The minimum absolute atomic E-state index is 0.150. The van der Waals surface area contributed by atoms with E-state index in [2.05, 4.69) is 18.1 Å². The van der Waals surface area contributed by atoms with Crippen molar-refractivity contribution in [1.82, 2.24) is 9.55 Å². The van der Waals surface area contributed by atoms with E-state index in [0.717, 1.165) is 5.35 Å². The second kappa shape index (κ2) is 2.62. The summed E-state index contributed by atoms with van der Waals surface area (Å²) in [6, 6.07) is 0. The number of H-pyrrole nitrogens is 1. The highest BCUT2D eigenvalue weighted by atomic mass is 16.1. The first-order valence-electron chi connectivity index (χ1n) is 3.23. The molecule has 0 atom stereocenters. The molecule has 0 saturated heterocycles. The number of aromatic nitrogens is 2. The molecule has 0 aliphatic carbocycles. The maximum Gasteiger partial charge on any atom is 0.326 e. The van der Waals surface area contributed by atoms with E-state index in [1.54, 1.807) is 19.2 Å². The monoisotopic (exact) mass is 150 g/mol. The smallest absolute Gasteiger partial charge is 0.306 e. The molecular weight excluding hydrogens is 140 g/mol. The highest BCUT2D eigenvalue weighted by molar-refractivity contribution is 5.32. The van der Waals surface area contributed by atoms with Crippen LogP contribution in [-0.2, 0) is 7.05 Å². The average Bonchev–Trinajstić information content (AvgIpc) is 2.17. The molecule has 0 bridgehead atoms. The molecule has 0 radical (unpaired) electrons. The molecule has 0 aliphatic rings. The van der Waals surface area contributed by atoms with E-state index in [1.165, 1.54) is 4.57 Å². The standard InChI is InChI=1S/C8H10N2O/c1-4-5-7-6(2)9-8(11)10(7)3/h4-5H,1-2H2,3H3,(H,9,11)/b7-5+. The van der Waals surface area contributed by atoms with E-state index in [0.29, 0.717) is 5.35 Å². The maximum absolute atomic E-state index is 10.9. The summed E-state index contributed by atoms with van der Waals surface area (Å²) in [7, 11) is 1.68. The van der Waals surface area contributed by atoms with Crippen molar-refractivity contribution in [3.8, 4) is 0 Å². The number of aromatic amines is 1.